The van der Waals surface area contributed by atoms with Gasteiger partial charge in [0, 0.05) is 23.2 Å². The van der Waals surface area contributed by atoms with Crippen LogP contribution in [0.15, 0.2) is 77.9 Å². The van der Waals surface area contributed by atoms with Gasteiger partial charge in [-0.25, -0.2) is 14.6 Å². The molecule has 35 heavy (non-hydrogen) atoms. The molecular weight excluding hydrogens is 440 g/mol. The average molecular weight is 465 g/mol. The van der Waals surface area contributed by atoms with Crippen molar-refractivity contribution in [2.45, 2.75) is 38.0 Å². The summed E-state index contributed by atoms with van der Waals surface area (Å²) in [7, 11) is 0. The van der Waals surface area contributed by atoms with Gasteiger partial charge in [-0.05, 0) is 49.1 Å². The second-order valence-corrected chi connectivity index (χ2v) is 8.60. The summed E-state index contributed by atoms with van der Waals surface area (Å²) in [6.45, 7) is 0.291. The van der Waals surface area contributed by atoms with Crippen LogP contribution >= 0.6 is 0 Å². The van der Waals surface area contributed by atoms with Crippen molar-refractivity contribution in [2.24, 2.45) is 5.73 Å². The Bertz CT molecular complexity index is 1440. The van der Waals surface area contributed by atoms with E-state index in [9.17, 15) is 4.79 Å². The van der Waals surface area contributed by atoms with Crippen molar-refractivity contribution in [1.29, 1.82) is 5.26 Å². The molecule has 2 N–H and O–H groups in total. The Hall–Kier alpha value is -4.35. The van der Waals surface area contributed by atoms with E-state index < -0.39 is 0 Å². The van der Waals surface area contributed by atoms with E-state index in [4.69, 9.17) is 15.7 Å². The topological polar surface area (TPSA) is 120 Å². The van der Waals surface area contributed by atoms with Crippen molar-refractivity contribution in [3.8, 4) is 34.5 Å². The van der Waals surface area contributed by atoms with Crippen LogP contribution in [0.4, 0.5) is 0 Å². The molecular formula is C27H24N6O2. The summed E-state index contributed by atoms with van der Waals surface area (Å²) in [6, 6.07) is 20.2. The Balaban J connectivity index is 1.35. The molecule has 174 valence electrons. The van der Waals surface area contributed by atoms with Crippen molar-refractivity contribution in [1.82, 2.24) is 19.7 Å². The quantitative estimate of drug-likeness (QED) is 0.463. The summed E-state index contributed by atoms with van der Waals surface area (Å²) in [4.78, 5) is 21.4. The van der Waals surface area contributed by atoms with Crippen molar-refractivity contribution in [3.05, 3.63) is 94.5 Å². The van der Waals surface area contributed by atoms with E-state index in [1.54, 1.807) is 36.7 Å². The minimum atomic E-state index is -0.210. The van der Waals surface area contributed by atoms with Crippen LogP contribution in [0.2, 0.25) is 0 Å². The highest BCUT2D eigenvalue weighted by Crippen LogP contribution is 2.24. The van der Waals surface area contributed by atoms with Crippen LogP contribution in [0.3, 0.4) is 0 Å². The third kappa shape index (κ3) is 5.10. The van der Waals surface area contributed by atoms with Crippen LogP contribution in [0.1, 0.15) is 30.4 Å². The van der Waals surface area contributed by atoms with Gasteiger partial charge in [-0.3, -0.25) is 4.79 Å². The van der Waals surface area contributed by atoms with Gasteiger partial charge >= 0.3 is 0 Å². The molecule has 0 spiro atoms. The van der Waals surface area contributed by atoms with Crippen molar-refractivity contribution >= 4 is 0 Å². The fourth-order valence-corrected chi connectivity index (χ4v) is 4.25. The van der Waals surface area contributed by atoms with Crippen LogP contribution in [-0.4, -0.2) is 31.9 Å². The molecule has 0 saturated heterocycles. The second kappa shape index (κ2) is 9.87. The van der Waals surface area contributed by atoms with E-state index in [1.165, 1.54) is 10.7 Å². The Kier molecular flexibility index (Phi) is 6.33. The zero-order chi connectivity index (χ0) is 24.2. The number of nitrogens with zero attached hydrogens (tertiary/aromatic N) is 5. The molecule has 1 aliphatic rings. The number of nitrogens with two attached hydrogens (primary N) is 1. The Morgan fingerprint density at radius 2 is 1.83 bits per heavy atom. The highest BCUT2D eigenvalue weighted by molar-refractivity contribution is 5.60. The van der Waals surface area contributed by atoms with Crippen LogP contribution in [0.5, 0.6) is 5.75 Å². The molecule has 8 heteroatoms. The van der Waals surface area contributed by atoms with E-state index >= 15 is 0 Å². The molecule has 0 aliphatic heterocycles. The molecule has 2 aromatic heterocycles. The Morgan fingerprint density at radius 1 is 1.03 bits per heavy atom. The molecule has 1 saturated carbocycles. The molecule has 2 heterocycles. The SMILES string of the molecule is N#Cc1cccc(-c2ccc(=O)n(Cc3cccc(-c4ncc(O[C@H]5CCC[C@H]5N)cn4)c3)n2)c1. The zero-order valence-corrected chi connectivity index (χ0v) is 19.0. The predicted molar refractivity (Wildman–Crippen MR) is 131 cm³/mol. The summed E-state index contributed by atoms with van der Waals surface area (Å²) >= 11 is 0. The van der Waals surface area contributed by atoms with E-state index in [0.717, 1.165) is 36.0 Å². The average Bonchev–Trinajstić information content (AvgIpc) is 3.30. The van der Waals surface area contributed by atoms with Crippen molar-refractivity contribution < 1.29 is 4.74 Å². The summed E-state index contributed by atoms with van der Waals surface area (Å²) in [5.74, 6) is 1.18. The maximum atomic E-state index is 12.5. The first-order valence-corrected chi connectivity index (χ1v) is 11.5. The number of hydrogen-bond donors (Lipinski definition) is 1. The predicted octanol–water partition coefficient (Wildman–Crippen LogP) is 3.55. The first-order valence-electron chi connectivity index (χ1n) is 11.5. The Morgan fingerprint density at radius 3 is 2.60 bits per heavy atom. The van der Waals surface area contributed by atoms with Gasteiger partial charge in [0.05, 0.1) is 36.3 Å². The molecule has 0 bridgehead atoms. The fourth-order valence-electron chi connectivity index (χ4n) is 4.25. The lowest BCUT2D eigenvalue weighted by molar-refractivity contribution is 0.190. The summed E-state index contributed by atoms with van der Waals surface area (Å²) in [5, 5.41) is 13.7. The third-order valence-electron chi connectivity index (χ3n) is 6.09. The molecule has 2 atom stereocenters. The maximum Gasteiger partial charge on any atom is 0.267 e. The van der Waals surface area contributed by atoms with E-state index in [1.807, 2.05) is 30.3 Å². The number of aromatic nitrogens is 4. The van der Waals surface area contributed by atoms with Gasteiger partial charge in [-0.2, -0.15) is 10.4 Å². The molecule has 0 amide bonds. The van der Waals surface area contributed by atoms with Crippen LogP contribution in [0, 0.1) is 11.3 Å². The van der Waals surface area contributed by atoms with Gasteiger partial charge < -0.3 is 10.5 Å². The number of benzene rings is 2. The van der Waals surface area contributed by atoms with Crippen LogP contribution in [-0.2, 0) is 6.54 Å². The lowest BCUT2D eigenvalue weighted by atomic mass is 10.1. The first kappa shape index (κ1) is 22.4. The molecule has 1 fully saturated rings. The van der Waals surface area contributed by atoms with E-state index in [0.29, 0.717) is 29.4 Å². The number of hydrogen-bond acceptors (Lipinski definition) is 7. The highest BCUT2D eigenvalue weighted by atomic mass is 16.5. The molecule has 0 radical (unpaired) electrons. The number of rotatable bonds is 6. The largest absolute Gasteiger partial charge is 0.486 e. The lowest BCUT2D eigenvalue weighted by Gasteiger charge is -2.17. The number of nitriles is 1. The van der Waals surface area contributed by atoms with Gasteiger partial charge in [-0.1, -0.05) is 30.3 Å². The number of ether oxygens (including phenoxy) is 1. The zero-order valence-electron chi connectivity index (χ0n) is 19.0. The fraction of sp³-hybridized carbons (Fsp3) is 0.222. The normalized spacial score (nSPS) is 17.1. The second-order valence-electron chi connectivity index (χ2n) is 8.60. The van der Waals surface area contributed by atoms with Gasteiger partial charge in [-0.15, -0.1) is 0 Å². The van der Waals surface area contributed by atoms with Gasteiger partial charge in [0.2, 0.25) is 0 Å². The van der Waals surface area contributed by atoms with E-state index in [-0.39, 0.29) is 17.7 Å². The standard InChI is InChI=1S/C27H24N6O2/c28-14-18-4-1-6-20(12-18)24-10-11-26(34)33(32-24)17-19-5-2-7-21(13-19)27-30-15-22(16-31-27)35-25-9-3-8-23(25)29/h1-2,4-7,10-13,15-16,23,25H,3,8-9,17,29H2/t23-,25+/m1/s1. The summed E-state index contributed by atoms with van der Waals surface area (Å²) in [5.41, 5.74) is 9.54. The molecule has 0 unspecified atom stereocenters. The monoisotopic (exact) mass is 464 g/mol. The van der Waals surface area contributed by atoms with Gasteiger partial charge in [0.15, 0.2) is 11.6 Å². The third-order valence-corrected chi connectivity index (χ3v) is 6.09. The highest BCUT2D eigenvalue weighted by Gasteiger charge is 2.25. The van der Waals surface area contributed by atoms with E-state index in [2.05, 4.69) is 21.1 Å². The van der Waals surface area contributed by atoms with Crippen molar-refractivity contribution in [3.63, 3.8) is 0 Å². The molecule has 5 rings (SSSR count). The maximum absolute atomic E-state index is 12.5. The van der Waals surface area contributed by atoms with Gasteiger partial charge in [0.25, 0.3) is 5.56 Å². The molecule has 1 aliphatic carbocycles. The summed E-state index contributed by atoms with van der Waals surface area (Å²) in [6.07, 6.45) is 6.35. The molecule has 4 aromatic rings. The van der Waals surface area contributed by atoms with Gasteiger partial charge in [0.1, 0.15) is 6.10 Å². The minimum absolute atomic E-state index is 0.0109. The summed E-state index contributed by atoms with van der Waals surface area (Å²) < 4.78 is 7.36. The first-order chi connectivity index (χ1) is 17.1. The Labute approximate surface area is 202 Å². The lowest BCUT2D eigenvalue weighted by Crippen LogP contribution is -2.33. The van der Waals surface area contributed by atoms with Crippen LogP contribution in [0.25, 0.3) is 22.6 Å². The van der Waals surface area contributed by atoms with Crippen molar-refractivity contribution in [2.75, 3.05) is 0 Å². The molecule has 2 aromatic carbocycles. The van der Waals surface area contributed by atoms with Crippen LogP contribution < -0.4 is 16.0 Å². The smallest absolute Gasteiger partial charge is 0.267 e. The minimum Gasteiger partial charge on any atom is -0.486 e. The molecule has 8 nitrogen and oxygen atoms in total.